The van der Waals surface area contributed by atoms with Crippen molar-refractivity contribution in [2.75, 3.05) is 14.1 Å². The van der Waals surface area contributed by atoms with E-state index >= 15 is 0 Å². The maximum atomic E-state index is 13.4. The van der Waals surface area contributed by atoms with Crippen molar-refractivity contribution in [1.29, 1.82) is 0 Å². The number of aliphatic hydroxyl groups is 1. The summed E-state index contributed by atoms with van der Waals surface area (Å²) in [5.41, 5.74) is -0.891. The first-order chi connectivity index (χ1) is 13.7. The van der Waals surface area contributed by atoms with Gasteiger partial charge in [0, 0.05) is 21.8 Å². The number of likely N-dealkylation sites (N-methyl/N-ethyl adjacent to an activating group) is 1. The van der Waals surface area contributed by atoms with Crippen LogP contribution in [-0.4, -0.2) is 47.8 Å². The van der Waals surface area contributed by atoms with E-state index in [9.17, 15) is 9.90 Å². The zero-order valence-corrected chi connectivity index (χ0v) is 21.5. The van der Waals surface area contributed by atoms with E-state index in [-0.39, 0.29) is 30.5 Å². The van der Waals surface area contributed by atoms with Gasteiger partial charge >= 0.3 is 5.97 Å². The molecule has 1 saturated heterocycles. The van der Waals surface area contributed by atoms with Crippen LogP contribution in [0.15, 0.2) is 69.6 Å². The molecule has 0 spiro atoms. The second-order valence-corrected chi connectivity index (χ2v) is 10.2. The Bertz CT molecular complexity index is 878. The summed E-state index contributed by atoms with van der Waals surface area (Å²) in [6.07, 6.45) is 5.78. The van der Waals surface area contributed by atoms with Gasteiger partial charge in [-0.2, -0.15) is 0 Å². The van der Waals surface area contributed by atoms with Crippen molar-refractivity contribution >= 4 is 37.8 Å². The van der Waals surface area contributed by atoms with E-state index in [1.54, 1.807) is 24.3 Å². The molecule has 0 aromatic heterocycles. The smallest absolute Gasteiger partial charge is 0.347 e. The molecular formula is C24H28Br3NO3. The lowest BCUT2D eigenvalue weighted by atomic mass is 9.86. The second kappa shape index (κ2) is 9.87. The van der Waals surface area contributed by atoms with Crippen LogP contribution in [0.4, 0.5) is 0 Å². The van der Waals surface area contributed by atoms with Gasteiger partial charge in [0.25, 0.3) is 0 Å². The van der Waals surface area contributed by atoms with Gasteiger partial charge < -0.3 is 31.3 Å². The van der Waals surface area contributed by atoms with Gasteiger partial charge in [0.05, 0.1) is 14.1 Å². The number of ether oxygens (including phenoxy) is 1. The molecule has 2 aliphatic heterocycles. The molecule has 0 saturated carbocycles. The van der Waals surface area contributed by atoms with Crippen LogP contribution < -0.4 is 17.0 Å². The van der Waals surface area contributed by atoms with Crippen LogP contribution in [0.25, 0.3) is 0 Å². The topological polar surface area (TPSA) is 46.5 Å². The maximum Gasteiger partial charge on any atom is 0.347 e. The molecule has 1 fully saturated rings. The fourth-order valence-electron chi connectivity index (χ4n) is 4.40. The Balaban J connectivity index is 0.00000171. The third-order valence-corrected chi connectivity index (χ3v) is 7.42. The molecule has 2 bridgehead atoms. The molecule has 2 aromatic carbocycles. The summed E-state index contributed by atoms with van der Waals surface area (Å²) >= 11 is 6.83. The Hall–Kier alpha value is -0.990. The number of halogens is 3. The van der Waals surface area contributed by atoms with Crippen LogP contribution >= 0.6 is 31.9 Å². The molecule has 4 rings (SSSR count). The summed E-state index contributed by atoms with van der Waals surface area (Å²) in [4.78, 5) is 13.4. The number of piperidine rings is 1. The second-order valence-electron chi connectivity index (χ2n) is 8.37. The maximum absolute atomic E-state index is 13.4. The normalized spacial score (nSPS) is 23.5. The molecule has 31 heavy (non-hydrogen) atoms. The van der Waals surface area contributed by atoms with Crippen LogP contribution in [0.2, 0.25) is 0 Å². The molecule has 0 aliphatic carbocycles. The first-order valence-corrected chi connectivity index (χ1v) is 11.3. The van der Waals surface area contributed by atoms with Gasteiger partial charge in [-0.25, -0.2) is 4.79 Å². The third kappa shape index (κ3) is 4.86. The van der Waals surface area contributed by atoms with E-state index in [2.05, 4.69) is 58.1 Å². The van der Waals surface area contributed by atoms with Gasteiger partial charge in [-0.1, -0.05) is 63.6 Å². The number of nitrogens with zero attached hydrogens (tertiary/aromatic N) is 1. The fraction of sp³-hybridized carbons (Fsp3) is 0.375. The van der Waals surface area contributed by atoms with Gasteiger partial charge in [-0.05, 0) is 47.5 Å². The number of hydrogen-bond acceptors (Lipinski definition) is 3. The van der Waals surface area contributed by atoms with E-state index in [1.807, 2.05) is 24.3 Å². The van der Waals surface area contributed by atoms with Crippen molar-refractivity contribution < 1.29 is 36.1 Å². The quantitative estimate of drug-likeness (QED) is 0.325. The first-order valence-electron chi connectivity index (χ1n) is 9.68. The highest BCUT2D eigenvalue weighted by Gasteiger charge is 2.49. The van der Waals surface area contributed by atoms with E-state index in [1.165, 1.54) is 0 Å². The van der Waals surface area contributed by atoms with Gasteiger partial charge in [0.2, 0.25) is 5.60 Å². The highest BCUT2D eigenvalue weighted by Crippen LogP contribution is 2.38. The van der Waals surface area contributed by atoms with E-state index in [0.717, 1.165) is 26.3 Å². The van der Waals surface area contributed by atoms with E-state index in [4.69, 9.17) is 4.74 Å². The SMILES string of the molecule is C.C[N+]1(C)C2C=C[C@@H]1CC(OC(=O)C(O)(c1ccc(Br)cc1)c1ccc(Br)cc1)C2.[Br-]. The number of carbonyl (C=O) groups excluding carboxylic acids is 1. The highest BCUT2D eigenvalue weighted by atomic mass is 79.9. The van der Waals surface area contributed by atoms with Gasteiger partial charge in [0.1, 0.15) is 18.2 Å². The summed E-state index contributed by atoms with van der Waals surface area (Å²) in [5, 5.41) is 11.7. The lowest BCUT2D eigenvalue weighted by Crippen LogP contribution is -3.00. The molecule has 2 heterocycles. The number of carbonyl (C=O) groups is 1. The van der Waals surface area contributed by atoms with Crippen LogP contribution in [-0.2, 0) is 15.1 Å². The Morgan fingerprint density at radius 1 is 0.935 bits per heavy atom. The molecule has 7 heteroatoms. The van der Waals surface area contributed by atoms with Crippen molar-refractivity contribution in [1.82, 2.24) is 0 Å². The van der Waals surface area contributed by atoms with Crippen molar-refractivity contribution in [2.45, 2.75) is 44.1 Å². The number of benzene rings is 2. The number of esters is 1. The zero-order chi connectivity index (χ0) is 20.8. The Labute approximate surface area is 211 Å². The molecule has 3 atom stereocenters. The van der Waals surface area contributed by atoms with Crippen molar-refractivity contribution in [3.05, 3.63) is 80.8 Å². The molecular weight excluding hydrogens is 590 g/mol. The Kier molecular flexibility index (Phi) is 8.37. The number of hydrogen-bond donors (Lipinski definition) is 1. The average Bonchev–Trinajstić information content (AvgIpc) is 2.85. The molecule has 2 aliphatic rings. The van der Waals surface area contributed by atoms with Crippen molar-refractivity contribution in [2.24, 2.45) is 0 Å². The van der Waals surface area contributed by atoms with Crippen molar-refractivity contribution in [3.8, 4) is 0 Å². The lowest BCUT2D eigenvalue weighted by Gasteiger charge is -2.44. The van der Waals surface area contributed by atoms with Crippen LogP contribution in [0.5, 0.6) is 0 Å². The molecule has 0 radical (unpaired) electrons. The van der Waals surface area contributed by atoms with Gasteiger partial charge in [0.15, 0.2) is 0 Å². The largest absolute Gasteiger partial charge is 1.00 e. The minimum atomic E-state index is -1.87. The van der Waals surface area contributed by atoms with Crippen LogP contribution in [0.1, 0.15) is 31.4 Å². The average molecular weight is 618 g/mol. The molecule has 2 aromatic rings. The predicted octanol–water partition coefficient (Wildman–Crippen LogP) is 2.18. The lowest BCUT2D eigenvalue weighted by molar-refractivity contribution is -0.926. The first kappa shape index (κ1) is 26.3. The van der Waals surface area contributed by atoms with Crippen molar-refractivity contribution in [3.63, 3.8) is 0 Å². The summed E-state index contributed by atoms with van der Waals surface area (Å²) in [5.74, 6) is -0.626. The predicted molar refractivity (Wildman–Crippen MR) is 126 cm³/mol. The van der Waals surface area contributed by atoms with Crippen LogP contribution in [0.3, 0.4) is 0 Å². The van der Waals surface area contributed by atoms with Gasteiger partial charge in [-0.15, -0.1) is 0 Å². The fourth-order valence-corrected chi connectivity index (χ4v) is 4.93. The van der Waals surface area contributed by atoms with E-state index in [0.29, 0.717) is 23.2 Å². The standard InChI is InChI=1S/C23H24Br2NO3.CH4.BrH/c1-26(2)19-11-12-20(26)14-21(13-19)29-22(27)23(28,15-3-7-17(24)8-4-15)16-5-9-18(25)10-6-16;;/h3-12,19-21,28H,13-14H2,1-2H3;1H4;1H/q+1;;/p-1/t19-,20?,21?;;/m1../s1. The number of rotatable bonds is 4. The Morgan fingerprint density at radius 2 is 1.32 bits per heavy atom. The molecule has 0 amide bonds. The monoisotopic (exact) mass is 615 g/mol. The summed E-state index contributed by atoms with van der Waals surface area (Å²) in [7, 11) is 4.43. The summed E-state index contributed by atoms with van der Waals surface area (Å²) in [6.45, 7) is 0. The number of fused-ring (bicyclic) bond motifs is 2. The van der Waals surface area contributed by atoms with Gasteiger partial charge in [-0.3, -0.25) is 0 Å². The minimum Gasteiger partial charge on any atom is -1.00 e. The molecule has 4 nitrogen and oxygen atoms in total. The Morgan fingerprint density at radius 3 is 1.71 bits per heavy atom. The van der Waals surface area contributed by atoms with Crippen LogP contribution in [0, 0.1) is 0 Å². The number of quaternary nitrogens is 1. The molecule has 1 N–H and O–H groups in total. The minimum absolute atomic E-state index is 0. The molecule has 168 valence electrons. The summed E-state index contributed by atoms with van der Waals surface area (Å²) < 4.78 is 8.59. The zero-order valence-electron chi connectivity index (χ0n) is 16.8. The molecule has 2 unspecified atom stereocenters. The van der Waals surface area contributed by atoms with E-state index < -0.39 is 11.6 Å². The summed E-state index contributed by atoms with van der Waals surface area (Å²) in [6, 6.07) is 14.9. The highest BCUT2D eigenvalue weighted by molar-refractivity contribution is 9.10. The third-order valence-electron chi connectivity index (χ3n) is 6.37.